The van der Waals surface area contributed by atoms with Gasteiger partial charge < -0.3 is 14.6 Å². The summed E-state index contributed by atoms with van der Waals surface area (Å²) in [5.74, 6) is -0.985. The molecular weight excluding hydrogens is 471 g/mol. The number of benzene rings is 3. The molecule has 1 fully saturated rings. The van der Waals surface area contributed by atoms with Gasteiger partial charge >= 0.3 is 0 Å². The van der Waals surface area contributed by atoms with Gasteiger partial charge in [0.15, 0.2) is 5.58 Å². The fourth-order valence-electron chi connectivity index (χ4n) is 4.17. The molecule has 180 valence electrons. The molecule has 8 nitrogen and oxygen atoms in total. The number of hydrogen-bond acceptors (Lipinski definition) is 6. The zero-order valence-electron chi connectivity index (χ0n) is 18.6. The van der Waals surface area contributed by atoms with Crippen LogP contribution in [-0.2, 0) is 10.0 Å². The number of oxazole rings is 1. The van der Waals surface area contributed by atoms with E-state index < -0.39 is 15.8 Å². The number of halogens is 1. The van der Waals surface area contributed by atoms with Crippen molar-refractivity contribution in [3.8, 4) is 0 Å². The molecule has 10 heteroatoms. The van der Waals surface area contributed by atoms with Crippen LogP contribution < -0.4 is 14.9 Å². The van der Waals surface area contributed by atoms with E-state index in [1.165, 1.54) is 30.3 Å². The van der Waals surface area contributed by atoms with Crippen molar-refractivity contribution >= 4 is 38.7 Å². The molecule has 0 spiro atoms. The molecule has 0 saturated carbocycles. The van der Waals surface area contributed by atoms with Crippen molar-refractivity contribution in [2.75, 3.05) is 22.7 Å². The number of aromatic nitrogens is 1. The summed E-state index contributed by atoms with van der Waals surface area (Å²) in [6.45, 7) is 1.17. The maximum absolute atomic E-state index is 13.5. The van der Waals surface area contributed by atoms with E-state index in [1.807, 2.05) is 24.3 Å². The maximum atomic E-state index is 13.5. The van der Waals surface area contributed by atoms with Gasteiger partial charge in [0.25, 0.3) is 21.9 Å². The summed E-state index contributed by atoms with van der Waals surface area (Å²) in [7, 11) is -4.00. The van der Waals surface area contributed by atoms with E-state index in [0.717, 1.165) is 36.6 Å². The topological polar surface area (TPSA) is 105 Å². The standard InChI is InChI=1S/C25H23FN4O4S/c26-18-7-4-10-21(15-18)35(32,33)29-19-8-3-6-17(14-19)24(31)27-16-20-9-5-13-30(20)25-28-22-11-1-2-12-23(22)34-25/h1-4,6-8,10-12,14-15,20,29H,5,9,13,16H2,(H,27,31). The number of rotatable bonds is 7. The number of para-hydroxylation sites is 2. The van der Waals surface area contributed by atoms with Crippen LogP contribution in [-0.4, -0.2) is 38.4 Å². The quantitative estimate of drug-likeness (QED) is 0.400. The Morgan fingerprint density at radius 1 is 1.09 bits per heavy atom. The van der Waals surface area contributed by atoms with Crippen molar-refractivity contribution in [3.05, 3.63) is 84.2 Å². The molecule has 3 aromatic carbocycles. The Morgan fingerprint density at radius 2 is 1.91 bits per heavy atom. The highest BCUT2D eigenvalue weighted by Gasteiger charge is 2.29. The molecule has 4 aromatic rings. The van der Waals surface area contributed by atoms with Gasteiger partial charge in [0, 0.05) is 24.3 Å². The van der Waals surface area contributed by atoms with Crippen molar-refractivity contribution in [2.45, 2.75) is 23.8 Å². The molecule has 2 N–H and O–H groups in total. The SMILES string of the molecule is O=C(NCC1CCCN1c1nc2ccccc2o1)c1cccc(NS(=O)(=O)c2cccc(F)c2)c1. The predicted octanol–water partition coefficient (Wildman–Crippen LogP) is 4.17. The van der Waals surface area contributed by atoms with Crippen LogP contribution in [0.2, 0.25) is 0 Å². The van der Waals surface area contributed by atoms with E-state index in [4.69, 9.17) is 4.42 Å². The first-order valence-electron chi connectivity index (χ1n) is 11.2. The minimum Gasteiger partial charge on any atom is -0.423 e. The normalized spacial score (nSPS) is 15.9. The van der Waals surface area contributed by atoms with E-state index in [9.17, 15) is 17.6 Å². The smallest absolute Gasteiger partial charge is 0.298 e. The first-order chi connectivity index (χ1) is 16.9. The number of nitrogens with zero attached hydrogens (tertiary/aromatic N) is 2. The van der Waals surface area contributed by atoms with Crippen LogP contribution in [0.15, 0.2) is 82.1 Å². The molecule has 1 unspecified atom stereocenters. The molecule has 1 amide bonds. The number of sulfonamides is 1. The highest BCUT2D eigenvalue weighted by molar-refractivity contribution is 7.92. The third-order valence-electron chi connectivity index (χ3n) is 5.89. The first-order valence-corrected chi connectivity index (χ1v) is 12.7. The molecule has 0 aliphatic carbocycles. The summed E-state index contributed by atoms with van der Waals surface area (Å²) >= 11 is 0. The largest absolute Gasteiger partial charge is 0.423 e. The van der Waals surface area contributed by atoms with E-state index >= 15 is 0 Å². The Morgan fingerprint density at radius 3 is 2.74 bits per heavy atom. The maximum Gasteiger partial charge on any atom is 0.298 e. The van der Waals surface area contributed by atoms with E-state index in [0.29, 0.717) is 18.1 Å². The monoisotopic (exact) mass is 494 g/mol. The molecule has 0 radical (unpaired) electrons. The minimum absolute atomic E-state index is 0.0293. The average Bonchev–Trinajstić information content (AvgIpc) is 3.49. The fraction of sp³-hybridized carbons (Fsp3) is 0.200. The van der Waals surface area contributed by atoms with Gasteiger partial charge in [-0.05, 0) is 61.4 Å². The van der Waals surface area contributed by atoms with Crippen molar-refractivity contribution < 1.29 is 22.0 Å². The molecular formula is C25H23FN4O4S. The number of anilines is 2. The number of fused-ring (bicyclic) bond motifs is 1. The molecule has 5 rings (SSSR count). The zero-order chi connectivity index (χ0) is 24.4. The Kier molecular flexibility index (Phi) is 6.12. The van der Waals surface area contributed by atoms with E-state index in [1.54, 1.807) is 12.1 Å². The highest BCUT2D eigenvalue weighted by atomic mass is 32.2. The summed E-state index contributed by atoms with van der Waals surface area (Å²) in [5, 5.41) is 2.93. The van der Waals surface area contributed by atoms with Gasteiger partial charge in [0.1, 0.15) is 11.3 Å². The van der Waals surface area contributed by atoms with Crippen molar-refractivity contribution in [1.82, 2.24) is 10.3 Å². The van der Waals surface area contributed by atoms with Gasteiger partial charge in [-0.25, -0.2) is 12.8 Å². The molecule has 1 aliphatic heterocycles. The van der Waals surface area contributed by atoms with Gasteiger partial charge in [0.2, 0.25) is 0 Å². The van der Waals surface area contributed by atoms with Gasteiger partial charge in [-0.3, -0.25) is 9.52 Å². The lowest BCUT2D eigenvalue weighted by atomic mass is 10.1. The van der Waals surface area contributed by atoms with Crippen LogP contribution in [0.5, 0.6) is 0 Å². The van der Waals surface area contributed by atoms with Gasteiger partial charge in [-0.2, -0.15) is 4.98 Å². The molecule has 35 heavy (non-hydrogen) atoms. The lowest BCUT2D eigenvalue weighted by molar-refractivity contribution is 0.0951. The second-order valence-electron chi connectivity index (χ2n) is 8.31. The highest BCUT2D eigenvalue weighted by Crippen LogP contribution is 2.28. The summed E-state index contributed by atoms with van der Waals surface area (Å²) in [6, 6.07) is 19.0. The van der Waals surface area contributed by atoms with Crippen molar-refractivity contribution in [2.24, 2.45) is 0 Å². The summed E-state index contributed by atoms with van der Waals surface area (Å²) in [6.07, 6.45) is 1.84. The van der Waals surface area contributed by atoms with Crippen LogP contribution in [0, 0.1) is 5.82 Å². The molecule has 1 atom stereocenters. The van der Waals surface area contributed by atoms with E-state index in [-0.39, 0.29) is 22.5 Å². The van der Waals surface area contributed by atoms with Gasteiger partial charge in [-0.15, -0.1) is 0 Å². The lowest BCUT2D eigenvalue weighted by Crippen LogP contribution is -2.40. The molecule has 1 aliphatic rings. The molecule has 1 saturated heterocycles. The summed E-state index contributed by atoms with van der Waals surface area (Å²) in [5.41, 5.74) is 2.01. The Hall–Kier alpha value is -3.92. The summed E-state index contributed by atoms with van der Waals surface area (Å²) < 4.78 is 46.9. The third-order valence-corrected chi connectivity index (χ3v) is 7.27. The Labute approximate surface area is 201 Å². The van der Waals surface area contributed by atoms with Crippen LogP contribution in [0.4, 0.5) is 16.1 Å². The van der Waals surface area contributed by atoms with Crippen LogP contribution in [0.3, 0.4) is 0 Å². The minimum atomic E-state index is -4.00. The second kappa shape index (κ2) is 9.38. The van der Waals surface area contributed by atoms with Crippen LogP contribution in [0.1, 0.15) is 23.2 Å². The van der Waals surface area contributed by atoms with Crippen molar-refractivity contribution in [3.63, 3.8) is 0 Å². The number of carbonyl (C=O) groups is 1. The Bertz CT molecular complexity index is 1450. The van der Waals surface area contributed by atoms with Gasteiger partial charge in [-0.1, -0.05) is 24.3 Å². The summed E-state index contributed by atoms with van der Waals surface area (Å²) in [4.78, 5) is 19.2. The second-order valence-corrected chi connectivity index (χ2v) is 9.99. The lowest BCUT2D eigenvalue weighted by Gasteiger charge is -2.23. The number of hydrogen-bond donors (Lipinski definition) is 2. The van der Waals surface area contributed by atoms with E-state index in [2.05, 4.69) is 19.9 Å². The predicted molar refractivity (Wildman–Crippen MR) is 130 cm³/mol. The average molecular weight is 495 g/mol. The van der Waals surface area contributed by atoms with Crippen LogP contribution >= 0.6 is 0 Å². The van der Waals surface area contributed by atoms with Crippen LogP contribution in [0.25, 0.3) is 11.1 Å². The Balaban J connectivity index is 1.25. The first kappa shape index (κ1) is 22.9. The van der Waals surface area contributed by atoms with Crippen molar-refractivity contribution in [1.29, 1.82) is 0 Å². The zero-order valence-corrected chi connectivity index (χ0v) is 19.5. The number of carbonyl (C=O) groups excluding carboxylic acids is 1. The fourth-order valence-corrected chi connectivity index (χ4v) is 5.25. The third kappa shape index (κ3) is 4.97. The number of amides is 1. The molecule has 2 heterocycles. The van der Waals surface area contributed by atoms with Gasteiger partial charge in [0.05, 0.1) is 10.9 Å². The molecule has 1 aromatic heterocycles. The number of nitrogens with one attached hydrogen (secondary N) is 2. The molecule has 0 bridgehead atoms.